The summed E-state index contributed by atoms with van der Waals surface area (Å²) in [6, 6.07) is 1.64. The Morgan fingerprint density at radius 1 is 1.50 bits per heavy atom. The quantitative estimate of drug-likeness (QED) is 0.762. The summed E-state index contributed by atoms with van der Waals surface area (Å²) in [5.41, 5.74) is 1.11. The van der Waals surface area contributed by atoms with Crippen LogP contribution in [-0.4, -0.2) is 25.2 Å². The topological polar surface area (TPSA) is 48.4 Å². The largest absolute Gasteiger partial charge is 0.480 e. The van der Waals surface area contributed by atoms with Gasteiger partial charge < -0.3 is 9.47 Å². The molecule has 0 bridgehead atoms. The Hall–Kier alpha value is -1.10. The summed E-state index contributed by atoms with van der Waals surface area (Å²) >= 11 is 3.31. The second-order valence-corrected chi connectivity index (χ2v) is 3.43. The summed E-state index contributed by atoms with van der Waals surface area (Å²) in [4.78, 5) is 15.2. The monoisotopic (exact) mass is 259 g/mol. The summed E-state index contributed by atoms with van der Waals surface area (Å²) in [5, 5.41) is 0. The van der Waals surface area contributed by atoms with Gasteiger partial charge in [-0.1, -0.05) is 0 Å². The number of methoxy groups -OCH3 is 2. The van der Waals surface area contributed by atoms with Crippen LogP contribution in [0.2, 0.25) is 0 Å². The maximum atomic E-state index is 11.2. The van der Waals surface area contributed by atoms with E-state index in [-0.39, 0.29) is 5.69 Å². The second-order valence-electron chi connectivity index (χ2n) is 2.64. The highest BCUT2D eigenvalue weighted by molar-refractivity contribution is 9.10. The van der Waals surface area contributed by atoms with Gasteiger partial charge in [-0.25, -0.2) is 9.78 Å². The minimum absolute atomic E-state index is 0.241. The molecule has 0 amide bonds. The normalized spacial score (nSPS) is 9.71. The van der Waals surface area contributed by atoms with Crippen LogP contribution in [0, 0.1) is 6.92 Å². The smallest absolute Gasteiger partial charge is 0.356 e. The van der Waals surface area contributed by atoms with Crippen molar-refractivity contribution in [1.82, 2.24) is 4.98 Å². The molecule has 1 heterocycles. The SMILES string of the molecule is COC(=O)c1cc(C)c(Br)c(OC)n1. The fourth-order valence-electron chi connectivity index (χ4n) is 0.972. The average molecular weight is 260 g/mol. The van der Waals surface area contributed by atoms with E-state index in [0.29, 0.717) is 5.88 Å². The summed E-state index contributed by atoms with van der Waals surface area (Å²) in [6.45, 7) is 1.85. The highest BCUT2D eigenvalue weighted by Crippen LogP contribution is 2.26. The van der Waals surface area contributed by atoms with Gasteiger partial charge in [-0.15, -0.1) is 0 Å². The molecule has 5 heteroatoms. The zero-order chi connectivity index (χ0) is 10.7. The molecule has 0 saturated carbocycles. The van der Waals surface area contributed by atoms with E-state index in [2.05, 4.69) is 25.7 Å². The molecule has 4 nitrogen and oxygen atoms in total. The number of carbonyl (C=O) groups is 1. The number of esters is 1. The fourth-order valence-corrected chi connectivity index (χ4v) is 1.34. The lowest BCUT2D eigenvalue weighted by Gasteiger charge is -2.06. The molecule has 0 fully saturated rings. The van der Waals surface area contributed by atoms with E-state index < -0.39 is 5.97 Å². The van der Waals surface area contributed by atoms with Crippen LogP contribution in [0.1, 0.15) is 16.1 Å². The van der Waals surface area contributed by atoms with Gasteiger partial charge in [-0.05, 0) is 34.5 Å². The molecule has 0 aliphatic heterocycles. The average Bonchev–Trinajstić information content (AvgIpc) is 2.20. The van der Waals surface area contributed by atoms with Gasteiger partial charge in [-0.3, -0.25) is 0 Å². The lowest BCUT2D eigenvalue weighted by atomic mass is 10.2. The van der Waals surface area contributed by atoms with E-state index in [9.17, 15) is 4.79 Å². The number of nitrogens with zero attached hydrogens (tertiary/aromatic N) is 1. The molecule has 0 atom stereocenters. The highest BCUT2D eigenvalue weighted by Gasteiger charge is 2.13. The number of halogens is 1. The maximum absolute atomic E-state index is 11.2. The number of pyridine rings is 1. The number of rotatable bonds is 2. The van der Waals surface area contributed by atoms with Crippen molar-refractivity contribution < 1.29 is 14.3 Å². The van der Waals surface area contributed by atoms with Gasteiger partial charge in [0.2, 0.25) is 5.88 Å². The molecule has 0 spiro atoms. The first kappa shape index (κ1) is 11.0. The predicted molar refractivity (Wildman–Crippen MR) is 54.6 cm³/mol. The van der Waals surface area contributed by atoms with Crippen LogP contribution in [0.3, 0.4) is 0 Å². The van der Waals surface area contributed by atoms with Crippen LogP contribution in [-0.2, 0) is 4.74 Å². The van der Waals surface area contributed by atoms with Gasteiger partial charge in [-0.2, -0.15) is 0 Å². The Bertz CT molecular complexity index is 365. The minimum Gasteiger partial charge on any atom is -0.480 e. The third-order valence-corrected chi connectivity index (χ3v) is 2.66. The van der Waals surface area contributed by atoms with E-state index in [0.717, 1.165) is 10.0 Å². The summed E-state index contributed by atoms with van der Waals surface area (Å²) in [6.07, 6.45) is 0. The molecule has 0 aliphatic carbocycles. The standard InChI is InChI=1S/C9H10BrNO3/c1-5-4-6(9(12)14-3)11-8(13-2)7(5)10/h4H,1-3H3. The minimum atomic E-state index is -0.473. The van der Waals surface area contributed by atoms with Crippen molar-refractivity contribution in [2.24, 2.45) is 0 Å². The van der Waals surface area contributed by atoms with Crippen LogP contribution in [0.5, 0.6) is 5.88 Å². The van der Waals surface area contributed by atoms with Crippen molar-refractivity contribution in [3.8, 4) is 5.88 Å². The number of carbonyl (C=O) groups excluding carboxylic acids is 1. The van der Waals surface area contributed by atoms with E-state index in [1.165, 1.54) is 14.2 Å². The molecule has 1 aromatic heterocycles. The van der Waals surface area contributed by atoms with Crippen LogP contribution in [0.25, 0.3) is 0 Å². The number of hydrogen-bond donors (Lipinski definition) is 0. The molecular weight excluding hydrogens is 250 g/mol. The Morgan fingerprint density at radius 2 is 2.14 bits per heavy atom. The Kier molecular flexibility index (Phi) is 3.46. The van der Waals surface area contributed by atoms with Gasteiger partial charge >= 0.3 is 5.97 Å². The molecule has 14 heavy (non-hydrogen) atoms. The zero-order valence-corrected chi connectivity index (χ0v) is 9.71. The van der Waals surface area contributed by atoms with E-state index in [4.69, 9.17) is 4.74 Å². The second kappa shape index (κ2) is 4.41. The molecule has 0 unspecified atom stereocenters. The molecule has 76 valence electrons. The van der Waals surface area contributed by atoms with E-state index in [1.54, 1.807) is 6.07 Å². The third-order valence-electron chi connectivity index (χ3n) is 1.70. The molecule has 0 radical (unpaired) electrons. The van der Waals surface area contributed by atoms with Crippen molar-refractivity contribution in [3.05, 3.63) is 21.8 Å². The molecule has 0 N–H and O–H groups in total. The van der Waals surface area contributed by atoms with Gasteiger partial charge in [0, 0.05) is 0 Å². The van der Waals surface area contributed by atoms with Crippen molar-refractivity contribution in [2.45, 2.75) is 6.92 Å². The van der Waals surface area contributed by atoms with E-state index >= 15 is 0 Å². The number of hydrogen-bond acceptors (Lipinski definition) is 4. The van der Waals surface area contributed by atoms with Crippen LogP contribution in [0.15, 0.2) is 10.5 Å². The van der Waals surface area contributed by atoms with Crippen LogP contribution >= 0.6 is 15.9 Å². The molecule has 0 aromatic carbocycles. The van der Waals surface area contributed by atoms with Crippen LogP contribution in [0.4, 0.5) is 0 Å². The van der Waals surface area contributed by atoms with Crippen molar-refractivity contribution in [3.63, 3.8) is 0 Å². The fraction of sp³-hybridized carbons (Fsp3) is 0.333. The highest BCUT2D eigenvalue weighted by atomic mass is 79.9. The lowest BCUT2D eigenvalue weighted by Crippen LogP contribution is -2.06. The van der Waals surface area contributed by atoms with Crippen LogP contribution < -0.4 is 4.74 Å². The Morgan fingerprint density at radius 3 is 2.64 bits per heavy atom. The predicted octanol–water partition coefficient (Wildman–Crippen LogP) is 1.95. The molecule has 1 aromatic rings. The van der Waals surface area contributed by atoms with Gasteiger partial charge in [0.15, 0.2) is 5.69 Å². The summed E-state index contributed by atoms with van der Waals surface area (Å²) < 4.78 is 10.3. The molecule has 0 aliphatic rings. The van der Waals surface area contributed by atoms with E-state index in [1.807, 2.05) is 6.92 Å². The zero-order valence-electron chi connectivity index (χ0n) is 8.13. The first-order chi connectivity index (χ1) is 6.60. The van der Waals surface area contributed by atoms with Crippen molar-refractivity contribution in [1.29, 1.82) is 0 Å². The maximum Gasteiger partial charge on any atom is 0.356 e. The Labute approximate surface area is 90.4 Å². The number of aromatic nitrogens is 1. The molecule has 1 rings (SSSR count). The number of aryl methyl sites for hydroxylation is 1. The Balaban J connectivity index is 3.22. The van der Waals surface area contributed by atoms with Gasteiger partial charge in [0.25, 0.3) is 0 Å². The lowest BCUT2D eigenvalue weighted by molar-refractivity contribution is 0.0593. The first-order valence-electron chi connectivity index (χ1n) is 3.89. The molecule has 0 saturated heterocycles. The van der Waals surface area contributed by atoms with Crippen molar-refractivity contribution in [2.75, 3.05) is 14.2 Å². The summed E-state index contributed by atoms with van der Waals surface area (Å²) in [5.74, 6) is -0.0932. The molecular formula is C9H10BrNO3. The third kappa shape index (κ3) is 2.04. The number of ether oxygens (including phenoxy) is 2. The first-order valence-corrected chi connectivity index (χ1v) is 4.69. The van der Waals surface area contributed by atoms with Crippen molar-refractivity contribution >= 4 is 21.9 Å². The van der Waals surface area contributed by atoms with Gasteiger partial charge in [0.1, 0.15) is 0 Å². The summed E-state index contributed by atoms with van der Waals surface area (Å²) in [7, 11) is 2.81. The van der Waals surface area contributed by atoms with Gasteiger partial charge in [0.05, 0.1) is 18.7 Å².